The molecule has 88 valence electrons. The molecule has 17 heavy (non-hydrogen) atoms. The zero-order valence-corrected chi connectivity index (χ0v) is 9.40. The summed E-state index contributed by atoms with van der Waals surface area (Å²) in [6.45, 7) is 0.327. The molecule has 0 atom stereocenters. The van der Waals surface area contributed by atoms with Gasteiger partial charge in [0.05, 0.1) is 17.1 Å². The third-order valence-electron chi connectivity index (χ3n) is 2.35. The van der Waals surface area contributed by atoms with Crippen LogP contribution in [0.1, 0.15) is 5.89 Å². The van der Waals surface area contributed by atoms with Gasteiger partial charge in [-0.1, -0.05) is 16.8 Å². The van der Waals surface area contributed by atoms with Crippen molar-refractivity contribution in [2.75, 3.05) is 6.79 Å². The van der Waals surface area contributed by atoms with Crippen LogP contribution in [0.2, 0.25) is 5.02 Å². The first-order chi connectivity index (χ1) is 8.29. The molecule has 1 aliphatic rings. The maximum absolute atomic E-state index is 5.97. The minimum atomic E-state index is 0.133. The third kappa shape index (κ3) is 1.62. The number of aromatic nitrogens is 2. The molecular weight excluding hydrogens is 246 g/mol. The van der Waals surface area contributed by atoms with E-state index in [9.17, 15) is 0 Å². The largest absolute Gasteiger partial charge is 0.453 e. The van der Waals surface area contributed by atoms with Crippen LogP contribution in [-0.4, -0.2) is 16.9 Å². The van der Waals surface area contributed by atoms with E-state index in [-0.39, 0.29) is 13.3 Å². The first kappa shape index (κ1) is 10.4. The van der Waals surface area contributed by atoms with Gasteiger partial charge in [0.15, 0.2) is 11.5 Å². The minimum absolute atomic E-state index is 0.133. The molecule has 6 nitrogen and oxygen atoms in total. The van der Waals surface area contributed by atoms with Crippen LogP contribution >= 0.6 is 11.6 Å². The second-order valence-electron chi connectivity index (χ2n) is 3.38. The smallest absolute Gasteiger partial charge is 0.240 e. The van der Waals surface area contributed by atoms with Crippen LogP contribution in [0.15, 0.2) is 16.7 Å². The van der Waals surface area contributed by atoms with Crippen molar-refractivity contribution >= 4 is 11.6 Å². The Bertz CT molecular complexity index is 570. The molecule has 0 bridgehead atoms. The van der Waals surface area contributed by atoms with Gasteiger partial charge in [0.2, 0.25) is 18.5 Å². The Hall–Kier alpha value is -1.79. The van der Waals surface area contributed by atoms with Crippen molar-refractivity contribution in [1.29, 1.82) is 0 Å². The van der Waals surface area contributed by atoms with Crippen LogP contribution in [0.25, 0.3) is 11.4 Å². The number of halogens is 1. The number of ether oxygens (including phenoxy) is 2. The molecule has 2 heterocycles. The predicted octanol–water partition coefficient (Wildman–Crippen LogP) is 1.58. The summed E-state index contributed by atoms with van der Waals surface area (Å²) in [5.74, 6) is 1.80. The van der Waals surface area contributed by atoms with Crippen LogP contribution < -0.4 is 15.2 Å². The molecule has 0 spiro atoms. The van der Waals surface area contributed by atoms with E-state index in [0.29, 0.717) is 33.8 Å². The molecule has 3 rings (SSSR count). The molecule has 7 heteroatoms. The summed E-state index contributed by atoms with van der Waals surface area (Å²) in [5, 5.41) is 4.31. The van der Waals surface area contributed by atoms with Gasteiger partial charge in [-0.3, -0.25) is 0 Å². The second kappa shape index (κ2) is 3.90. The lowest BCUT2D eigenvalue weighted by molar-refractivity contribution is 0.174. The van der Waals surface area contributed by atoms with Gasteiger partial charge in [0.25, 0.3) is 0 Å². The van der Waals surface area contributed by atoms with Crippen LogP contribution in [0.3, 0.4) is 0 Å². The van der Waals surface area contributed by atoms with Gasteiger partial charge in [-0.2, -0.15) is 4.98 Å². The fourth-order valence-electron chi connectivity index (χ4n) is 1.59. The number of hydrogen-bond donors (Lipinski definition) is 1. The fourth-order valence-corrected chi connectivity index (χ4v) is 1.79. The van der Waals surface area contributed by atoms with E-state index in [4.69, 9.17) is 31.3 Å². The summed E-state index contributed by atoms with van der Waals surface area (Å²) in [6, 6.07) is 3.45. The SMILES string of the molecule is NCc1nc(-c2ccc(Cl)c3c2OCO3)no1. The summed E-state index contributed by atoms with van der Waals surface area (Å²) in [6.07, 6.45) is 0. The van der Waals surface area contributed by atoms with E-state index in [1.165, 1.54) is 0 Å². The van der Waals surface area contributed by atoms with Crippen molar-refractivity contribution in [3.05, 3.63) is 23.0 Å². The van der Waals surface area contributed by atoms with Crippen molar-refractivity contribution in [2.24, 2.45) is 5.73 Å². The van der Waals surface area contributed by atoms with Crippen molar-refractivity contribution in [3.63, 3.8) is 0 Å². The monoisotopic (exact) mass is 253 g/mol. The topological polar surface area (TPSA) is 83.4 Å². The number of rotatable bonds is 2. The Morgan fingerprint density at radius 3 is 2.88 bits per heavy atom. The average Bonchev–Trinajstić information content (AvgIpc) is 2.98. The number of nitrogens with zero attached hydrogens (tertiary/aromatic N) is 2. The minimum Gasteiger partial charge on any atom is -0.453 e. The molecule has 0 amide bonds. The Kier molecular flexibility index (Phi) is 2.38. The number of hydrogen-bond acceptors (Lipinski definition) is 6. The summed E-state index contributed by atoms with van der Waals surface area (Å²) in [4.78, 5) is 4.12. The predicted molar refractivity (Wildman–Crippen MR) is 58.8 cm³/mol. The van der Waals surface area contributed by atoms with E-state index in [1.807, 2.05) is 0 Å². The Morgan fingerprint density at radius 1 is 1.29 bits per heavy atom. The van der Waals surface area contributed by atoms with Crippen LogP contribution in [0.4, 0.5) is 0 Å². The Balaban J connectivity index is 2.12. The lowest BCUT2D eigenvalue weighted by Gasteiger charge is -2.02. The van der Waals surface area contributed by atoms with Crippen LogP contribution in [0.5, 0.6) is 11.5 Å². The van der Waals surface area contributed by atoms with E-state index < -0.39 is 0 Å². The molecule has 1 aromatic carbocycles. The zero-order chi connectivity index (χ0) is 11.8. The molecule has 0 unspecified atom stereocenters. The Morgan fingerprint density at radius 2 is 2.12 bits per heavy atom. The summed E-state index contributed by atoms with van der Waals surface area (Å²) in [7, 11) is 0. The summed E-state index contributed by atoms with van der Waals surface area (Å²) < 4.78 is 15.6. The molecule has 0 radical (unpaired) electrons. The molecule has 0 saturated carbocycles. The Labute approximate surface area is 101 Å². The molecular formula is C10H8ClN3O3. The van der Waals surface area contributed by atoms with Gasteiger partial charge < -0.3 is 19.7 Å². The summed E-state index contributed by atoms with van der Waals surface area (Å²) >= 11 is 5.97. The molecule has 2 N–H and O–H groups in total. The molecule has 0 saturated heterocycles. The lowest BCUT2D eigenvalue weighted by atomic mass is 10.2. The summed E-state index contributed by atoms with van der Waals surface area (Å²) in [5.41, 5.74) is 6.08. The van der Waals surface area contributed by atoms with Crippen molar-refractivity contribution in [1.82, 2.24) is 10.1 Å². The van der Waals surface area contributed by atoms with Crippen molar-refractivity contribution < 1.29 is 14.0 Å². The molecule has 1 aliphatic heterocycles. The highest BCUT2D eigenvalue weighted by Gasteiger charge is 2.24. The maximum Gasteiger partial charge on any atom is 0.240 e. The number of fused-ring (bicyclic) bond motifs is 1. The molecule has 0 aliphatic carbocycles. The van der Waals surface area contributed by atoms with Gasteiger partial charge in [0.1, 0.15) is 0 Å². The maximum atomic E-state index is 5.97. The van der Waals surface area contributed by atoms with Crippen molar-refractivity contribution in [2.45, 2.75) is 6.54 Å². The van der Waals surface area contributed by atoms with E-state index in [1.54, 1.807) is 12.1 Å². The first-order valence-electron chi connectivity index (χ1n) is 4.90. The van der Waals surface area contributed by atoms with Gasteiger partial charge in [0, 0.05) is 0 Å². The lowest BCUT2D eigenvalue weighted by Crippen LogP contribution is -1.96. The van der Waals surface area contributed by atoms with Gasteiger partial charge in [-0.15, -0.1) is 0 Å². The zero-order valence-electron chi connectivity index (χ0n) is 8.64. The highest BCUT2D eigenvalue weighted by molar-refractivity contribution is 6.32. The first-order valence-corrected chi connectivity index (χ1v) is 5.28. The average molecular weight is 254 g/mol. The molecule has 0 fully saturated rings. The van der Waals surface area contributed by atoms with Crippen LogP contribution in [0, 0.1) is 0 Å². The van der Waals surface area contributed by atoms with Gasteiger partial charge in [-0.25, -0.2) is 0 Å². The highest BCUT2D eigenvalue weighted by Crippen LogP contribution is 2.44. The standard InChI is InChI=1S/C10H8ClN3O3/c11-6-2-1-5(8-9(6)16-4-15-8)10-13-7(3-12)17-14-10/h1-2H,3-4,12H2. The molecule has 1 aromatic heterocycles. The normalized spacial score (nSPS) is 13.1. The van der Waals surface area contributed by atoms with Gasteiger partial charge >= 0.3 is 0 Å². The number of benzene rings is 1. The van der Waals surface area contributed by atoms with Crippen molar-refractivity contribution in [3.8, 4) is 22.9 Å². The fraction of sp³-hybridized carbons (Fsp3) is 0.200. The van der Waals surface area contributed by atoms with Crippen LogP contribution in [-0.2, 0) is 6.54 Å². The van der Waals surface area contributed by atoms with E-state index >= 15 is 0 Å². The van der Waals surface area contributed by atoms with E-state index in [2.05, 4.69) is 10.1 Å². The number of nitrogens with two attached hydrogens (primary N) is 1. The molecule has 2 aromatic rings. The van der Waals surface area contributed by atoms with Gasteiger partial charge in [-0.05, 0) is 12.1 Å². The highest BCUT2D eigenvalue weighted by atomic mass is 35.5. The third-order valence-corrected chi connectivity index (χ3v) is 2.65. The van der Waals surface area contributed by atoms with E-state index in [0.717, 1.165) is 0 Å². The quantitative estimate of drug-likeness (QED) is 0.875. The second-order valence-corrected chi connectivity index (χ2v) is 3.78.